The Morgan fingerprint density at radius 1 is 1.15 bits per heavy atom. The molecule has 2 aromatic carbocycles. The third-order valence-electron chi connectivity index (χ3n) is 3.73. The van der Waals surface area contributed by atoms with Gasteiger partial charge in [0.1, 0.15) is 5.75 Å². The molecule has 1 amide bonds. The maximum absolute atomic E-state index is 12.4. The smallest absolute Gasteiger partial charge is 0.387 e. The molecule has 9 heteroatoms. The molecule has 138 valence electrons. The molecule has 0 saturated heterocycles. The summed E-state index contributed by atoms with van der Waals surface area (Å²) in [5.74, 6) is 0.867. The number of amides is 1. The number of nitrogens with zero attached hydrogens (tertiary/aromatic N) is 1. The standard InChI is InChI=1S/C18H12F2N2O4S/c19-17(20)26-12-4-1-10(2-5-12)13-8-27-18(21-13)22-16(23)11-3-6-14-15(7-11)25-9-24-14/h1-8,17H,9H2,(H,21,22,23). The Morgan fingerprint density at radius 2 is 1.93 bits per heavy atom. The molecule has 0 aliphatic carbocycles. The van der Waals surface area contributed by atoms with E-state index in [1.54, 1.807) is 35.7 Å². The van der Waals surface area contributed by atoms with Gasteiger partial charge in [0.05, 0.1) is 5.69 Å². The van der Waals surface area contributed by atoms with Crippen LogP contribution >= 0.6 is 11.3 Å². The van der Waals surface area contributed by atoms with Gasteiger partial charge in [-0.1, -0.05) is 0 Å². The summed E-state index contributed by atoms with van der Waals surface area (Å²) >= 11 is 1.26. The quantitative estimate of drug-likeness (QED) is 0.700. The average molecular weight is 390 g/mol. The Balaban J connectivity index is 1.45. The number of carbonyl (C=O) groups excluding carboxylic acids is 1. The van der Waals surface area contributed by atoms with Crippen molar-refractivity contribution in [2.45, 2.75) is 6.61 Å². The number of ether oxygens (including phenoxy) is 3. The predicted octanol–water partition coefficient (Wildman–Crippen LogP) is 4.39. The zero-order chi connectivity index (χ0) is 18.8. The zero-order valence-electron chi connectivity index (χ0n) is 13.6. The molecule has 3 aromatic rings. The van der Waals surface area contributed by atoms with Crippen LogP contribution in [0, 0.1) is 0 Å². The van der Waals surface area contributed by atoms with E-state index in [9.17, 15) is 13.6 Å². The lowest BCUT2D eigenvalue weighted by molar-refractivity contribution is -0.0498. The minimum atomic E-state index is -2.87. The van der Waals surface area contributed by atoms with Gasteiger partial charge >= 0.3 is 6.61 Å². The molecule has 2 heterocycles. The van der Waals surface area contributed by atoms with Gasteiger partial charge in [-0.05, 0) is 42.5 Å². The molecule has 4 rings (SSSR count). The number of aromatic nitrogens is 1. The second kappa shape index (κ2) is 7.20. The Hall–Kier alpha value is -3.20. The lowest BCUT2D eigenvalue weighted by atomic mass is 10.2. The van der Waals surface area contributed by atoms with E-state index in [1.807, 2.05) is 0 Å². The first-order valence-electron chi connectivity index (χ1n) is 7.80. The number of rotatable bonds is 5. The predicted molar refractivity (Wildman–Crippen MR) is 94.7 cm³/mol. The molecule has 0 radical (unpaired) electrons. The van der Waals surface area contributed by atoms with E-state index in [0.717, 1.165) is 5.56 Å². The van der Waals surface area contributed by atoms with Crippen LogP contribution in [-0.4, -0.2) is 24.3 Å². The van der Waals surface area contributed by atoms with Crippen LogP contribution in [0.5, 0.6) is 17.2 Å². The number of alkyl halides is 2. The first kappa shape index (κ1) is 17.2. The number of nitrogens with one attached hydrogen (secondary N) is 1. The first-order chi connectivity index (χ1) is 13.1. The highest BCUT2D eigenvalue weighted by Crippen LogP contribution is 2.33. The van der Waals surface area contributed by atoms with Crippen LogP contribution in [-0.2, 0) is 0 Å². The zero-order valence-corrected chi connectivity index (χ0v) is 14.5. The maximum Gasteiger partial charge on any atom is 0.387 e. The van der Waals surface area contributed by atoms with Crippen LogP contribution in [0.3, 0.4) is 0 Å². The highest BCUT2D eigenvalue weighted by molar-refractivity contribution is 7.14. The summed E-state index contributed by atoms with van der Waals surface area (Å²) < 4.78 is 39.2. The van der Waals surface area contributed by atoms with E-state index in [2.05, 4.69) is 15.0 Å². The van der Waals surface area contributed by atoms with E-state index >= 15 is 0 Å². The van der Waals surface area contributed by atoms with Crippen LogP contribution in [0.15, 0.2) is 47.8 Å². The van der Waals surface area contributed by atoms with Crippen LogP contribution in [0.2, 0.25) is 0 Å². The van der Waals surface area contributed by atoms with Crippen molar-refractivity contribution in [1.82, 2.24) is 4.98 Å². The molecule has 0 spiro atoms. The van der Waals surface area contributed by atoms with Gasteiger partial charge in [-0.15, -0.1) is 11.3 Å². The third kappa shape index (κ3) is 3.82. The third-order valence-corrected chi connectivity index (χ3v) is 4.49. The van der Waals surface area contributed by atoms with Gasteiger partial charge in [-0.2, -0.15) is 8.78 Å². The number of fused-ring (bicyclic) bond motifs is 1. The van der Waals surface area contributed by atoms with Crippen molar-refractivity contribution in [3.8, 4) is 28.5 Å². The second-order valence-corrected chi connectivity index (χ2v) is 6.32. The van der Waals surface area contributed by atoms with E-state index in [-0.39, 0.29) is 18.4 Å². The van der Waals surface area contributed by atoms with E-state index < -0.39 is 6.61 Å². The van der Waals surface area contributed by atoms with Crippen molar-refractivity contribution in [1.29, 1.82) is 0 Å². The molecule has 6 nitrogen and oxygen atoms in total. The van der Waals surface area contributed by atoms with Crippen LogP contribution in [0.25, 0.3) is 11.3 Å². The molecule has 0 fully saturated rings. The molecule has 1 N–H and O–H groups in total. The number of benzene rings is 2. The fourth-order valence-electron chi connectivity index (χ4n) is 2.48. The normalized spacial score (nSPS) is 12.3. The number of carbonyl (C=O) groups is 1. The van der Waals surface area contributed by atoms with E-state index in [4.69, 9.17) is 9.47 Å². The summed E-state index contributed by atoms with van der Waals surface area (Å²) in [5, 5.41) is 4.90. The Morgan fingerprint density at radius 3 is 2.70 bits per heavy atom. The summed E-state index contributed by atoms with van der Waals surface area (Å²) in [7, 11) is 0. The van der Waals surface area contributed by atoms with Crippen molar-refractivity contribution in [3.63, 3.8) is 0 Å². The van der Waals surface area contributed by atoms with Gasteiger partial charge in [-0.3, -0.25) is 10.1 Å². The van der Waals surface area contributed by atoms with Gasteiger partial charge in [0.2, 0.25) is 6.79 Å². The minimum absolute atomic E-state index is 0.0697. The van der Waals surface area contributed by atoms with Gasteiger partial charge in [-0.25, -0.2) is 4.98 Å². The summed E-state index contributed by atoms with van der Waals surface area (Å²) in [5.41, 5.74) is 1.76. The lowest BCUT2D eigenvalue weighted by Crippen LogP contribution is -2.11. The molecular formula is C18H12F2N2O4S. The number of hydrogen-bond donors (Lipinski definition) is 1. The molecule has 0 saturated carbocycles. The lowest BCUT2D eigenvalue weighted by Gasteiger charge is -2.04. The number of thiazole rings is 1. The summed E-state index contributed by atoms with van der Waals surface area (Å²) in [4.78, 5) is 16.7. The Labute approximate surface area is 156 Å². The summed E-state index contributed by atoms with van der Waals surface area (Å²) in [6.45, 7) is -2.73. The minimum Gasteiger partial charge on any atom is -0.454 e. The Kier molecular flexibility index (Phi) is 4.59. The highest BCUT2D eigenvalue weighted by Gasteiger charge is 2.17. The molecule has 1 aliphatic heterocycles. The second-order valence-electron chi connectivity index (χ2n) is 5.46. The molecule has 1 aromatic heterocycles. The van der Waals surface area contributed by atoms with Gasteiger partial charge in [0, 0.05) is 16.5 Å². The number of hydrogen-bond acceptors (Lipinski definition) is 6. The monoisotopic (exact) mass is 390 g/mol. The molecule has 0 bridgehead atoms. The SMILES string of the molecule is O=C(Nc1nc(-c2ccc(OC(F)F)cc2)cs1)c1ccc2c(c1)OCO2. The largest absolute Gasteiger partial charge is 0.454 e. The van der Waals surface area contributed by atoms with E-state index in [0.29, 0.717) is 27.9 Å². The van der Waals surface area contributed by atoms with Crippen molar-refractivity contribution >= 4 is 22.4 Å². The van der Waals surface area contributed by atoms with Crippen molar-refractivity contribution < 1.29 is 27.8 Å². The van der Waals surface area contributed by atoms with Gasteiger partial charge < -0.3 is 14.2 Å². The molecule has 1 aliphatic rings. The maximum atomic E-state index is 12.4. The highest BCUT2D eigenvalue weighted by atomic mass is 32.1. The average Bonchev–Trinajstić information content (AvgIpc) is 3.30. The molecule has 0 atom stereocenters. The van der Waals surface area contributed by atoms with Crippen LogP contribution in [0.1, 0.15) is 10.4 Å². The number of halogens is 2. The molecule has 0 unspecified atom stereocenters. The van der Waals surface area contributed by atoms with Gasteiger partial charge in [0.15, 0.2) is 16.6 Å². The summed E-state index contributed by atoms with van der Waals surface area (Å²) in [6.07, 6.45) is 0. The van der Waals surface area contributed by atoms with Crippen LogP contribution in [0.4, 0.5) is 13.9 Å². The fraction of sp³-hybridized carbons (Fsp3) is 0.111. The Bertz CT molecular complexity index is 976. The van der Waals surface area contributed by atoms with Crippen molar-refractivity contribution in [3.05, 3.63) is 53.4 Å². The van der Waals surface area contributed by atoms with E-state index in [1.165, 1.54) is 23.5 Å². The fourth-order valence-corrected chi connectivity index (χ4v) is 3.19. The van der Waals surface area contributed by atoms with Gasteiger partial charge in [0.25, 0.3) is 5.91 Å². The van der Waals surface area contributed by atoms with Crippen molar-refractivity contribution in [2.75, 3.05) is 12.1 Å². The first-order valence-corrected chi connectivity index (χ1v) is 8.68. The van der Waals surface area contributed by atoms with Crippen LogP contribution < -0.4 is 19.5 Å². The topological polar surface area (TPSA) is 69.7 Å². The number of anilines is 1. The molecule has 27 heavy (non-hydrogen) atoms. The van der Waals surface area contributed by atoms with Crippen molar-refractivity contribution in [2.24, 2.45) is 0 Å². The summed E-state index contributed by atoms with van der Waals surface area (Å²) in [6, 6.07) is 11.0. The molecular weight excluding hydrogens is 378 g/mol.